The van der Waals surface area contributed by atoms with Gasteiger partial charge in [-0.05, 0) is 25.1 Å². The van der Waals surface area contributed by atoms with Gasteiger partial charge in [0.1, 0.15) is 5.82 Å². The summed E-state index contributed by atoms with van der Waals surface area (Å²) in [6, 6.07) is 4.05. The fourth-order valence-electron chi connectivity index (χ4n) is 1.12. The zero-order valence-corrected chi connectivity index (χ0v) is 9.77. The van der Waals surface area contributed by atoms with E-state index in [2.05, 4.69) is 29.8 Å². The van der Waals surface area contributed by atoms with E-state index < -0.39 is 5.82 Å². The Morgan fingerprint density at radius 1 is 1.56 bits per heavy atom. The Labute approximate surface area is 99.7 Å². The Kier molecular flexibility index (Phi) is 4.87. The molecular formula is C12H12FNOS. The molecule has 1 aromatic carbocycles. The molecule has 1 aromatic rings. The highest BCUT2D eigenvalue weighted by atomic mass is 32.1. The number of halogens is 1. The summed E-state index contributed by atoms with van der Waals surface area (Å²) in [5.74, 6) is 4.89. The van der Waals surface area contributed by atoms with Crippen LogP contribution in [0.15, 0.2) is 23.1 Å². The molecule has 1 N–H and O–H groups in total. The van der Waals surface area contributed by atoms with Crippen LogP contribution in [-0.4, -0.2) is 12.5 Å². The third-order valence-electron chi connectivity index (χ3n) is 1.92. The maximum absolute atomic E-state index is 12.9. The van der Waals surface area contributed by atoms with Crippen LogP contribution in [0.5, 0.6) is 0 Å². The predicted octanol–water partition coefficient (Wildman–Crippen LogP) is 2.26. The third-order valence-corrected chi connectivity index (χ3v) is 2.26. The van der Waals surface area contributed by atoms with Crippen molar-refractivity contribution in [1.29, 1.82) is 0 Å². The van der Waals surface area contributed by atoms with Crippen molar-refractivity contribution in [3.05, 3.63) is 29.6 Å². The molecule has 0 aliphatic rings. The van der Waals surface area contributed by atoms with Gasteiger partial charge in [-0.2, -0.15) is 0 Å². The first-order chi connectivity index (χ1) is 7.65. The van der Waals surface area contributed by atoms with Crippen molar-refractivity contribution < 1.29 is 9.18 Å². The van der Waals surface area contributed by atoms with Gasteiger partial charge in [-0.15, -0.1) is 24.5 Å². The number of hydrogen-bond acceptors (Lipinski definition) is 2. The van der Waals surface area contributed by atoms with Crippen molar-refractivity contribution in [3.63, 3.8) is 0 Å². The lowest BCUT2D eigenvalue weighted by Crippen LogP contribution is -2.24. The minimum absolute atomic E-state index is 0.168. The molecule has 1 amide bonds. The van der Waals surface area contributed by atoms with E-state index in [0.29, 0.717) is 18.5 Å². The lowest BCUT2D eigenvalue weighted by molar-refractivity contribution is 0.0954. The molecule has 0 unspecified atom stereocenters. The standard InChI is InChI=1S/C12H12FNOS/c1-2-3-4-7-14-12(15)9-5-6-10(13)11(16)8-9/h5-6,8,16H,4,7H2,1H3,(H,14,15). The van der Waals surface area contributed by atoms with Crippen LogP contribution < -0.4 is 5.32 Å². The number of amides is 1. The van der Waals surface area contributed by atoms with Crippen LogP contribution in [-0.2, 0) is 0 Å². The van der Waals surface area contributed by atoms with E-state index in [1.165, 1.54) is 18.2 Å². The highest BCUT2D eigenvalue weighted by Gasteiger charge is 2.06. The molecule has 0 saturated carbocycles. The largest absolute Gasteiger partial charge is 0.351 e. The highest BCUT2D eigenvalue weighted by molar-refractivity contribution is 7.80. The number of nitrogens with one attached hydrogen (secondary N) is 1. The smallest absolute Gasteiger partial charge is 0.251 e. The second-order valence-electron chi connectivity index (χ2n) is 3.10. The van der Waals surface area contributed by atoms with Gasteiger partial charge in [0.15, 0.2) is 0 Å². The van der Waals surface area contributed by atoms with E-state index >= 15 is 0 Å². The molecule has 16 heavy (non-hydrogen) atoms. The minimum atomic E-state index is -0.434. The summed E-state index contributed by atoms with van der Waals surface area (Å²) < 4.78 is 12.9. The lowest BCUT2D eigenvalue weighted by Gasteiger charge is -2.04. The van der Waals surface area contributed by atoms with Crippen LogP contribution in [0.25, 0.3) is 0 Å². The normalized spacial score (nSPS) is 9.19. The van der Waals surface area contributed by atoms with Crippen molar-refractivity contribution >= 4 is 18.5 Å². The molecule has 0 aromatic heterocycles. The first kappa shape index (κ1) is 12.6. The average molecular weight is 237 g/mol. The molecule has 4 heteroatoms. The fourth-order valence-corrected chi connectivity index (χ4v) is 1.33. The van der Waals surface area contributed by atoms with Gasteiger partial charge in [0.25, 0.3) is 5.91 Å². The van der Waals surface area contributed by atoms with Gasteiger partial charge in [-0.3, -0.25) is 4.79 Å². The number of thiol groups is 1. The van der Waals surface area contributed by atoms with Crippen molar-refractivity contribution in [2.45, 2.75) is 18.2 Å². The molecule has 0 bridgehead atoms. The summed E-state index contributed by atoms with van der Waals surface area (Å²) in [5, 5.41) is 2.68. The molecule has 0 heterocycles. The van der Waals surface area contributed by atoms with E-state index in [4.69, 9.17) is 0 Å². The van der Waals surface area contributed by atoms with E-state index in [0.717, 1.165) is 0 Å². The minimum Gasteiger partial charge on any atom is -0.351 e. The third kappa shape index (κ3) is 3.59. The van der Waals surface area contributed by atoms with Crippen LogP contribution in [0.3, 0.4) is 0 Å². The molecule has 2 nitrogen and oxygen atoms in total. The molecule has 0 aliphatic carbocycles. The maximum atomic E-state index is 12.9. The van der Waals surface area contributed by atoms with Crippen LogP contribution in [0.4, 0.5) is 4.39 Å². The molecule has 0 fully saturated rings. The number of benzene rings is 1. The van der Waals surface area contributed by atoms with Gasteiger partial charge in [-0.25, -0.2) is 4.39 Å². The van der Waals surface area contributed by atoms with Crippen molar-refractivity contribution in [3.8, 4) is 11.8 Å². The average Bonchev–Trinajstić information content (AvgIpc) is 2.28. The summed E-state index contributed by atoms with van der Waals surface area (Å²) >= 11 is 3.91. The molecule has 84 valence electrons. The Balaban J connectivity index is 2.58. The first-order valence-corrected chi connectivity index (χ1v) is 5.26. The Bertz CT molecular complexity index is 448. The molecule has 0 saturated heterocycles. The van der Waals surface area contributed by atoms with Crippen molar-refractivity contribution in [1.82, 2.24) is 5.32 Å². The topological polar surface area (TPSA) is 29.1 Å². The monoisotopic (exact) mass is 237 g/mol. The van der Waals surface area contributed by atoms with Crippen LogP contribution in [0.1, 0.15) is 23.7 Å². The summed E-state index contributed by atoms with van der Waals surface area (Å²) in [6.07, 6.45) is 0.608. The molecule has 0 atom stereocenters. The Hall–Kier alpha value is -1.47. The van der Waals surface area contributed by atoms with E-state index in [-0.39, 0.29) is 10.8 Å². The molecule has 0 aliphatic heterocycles. The molecule has 0 radical (unpaired) electrons. The molecule has 1 rings (SSSR count). The summed E-state index contributed by atoms with van der Waals surface area (Å²) in [4.78, 5) is 11.7. The van der Waals surface area contributed by atoms with Gasteiger partial charge >= 0.3 is 0 Å². The van der Waals surface area contributed by atoms with E-state index in [1.54, 1.807) is 6.92 Å². The van der Waals surface area contributed by atoms with Gasteiger partial charge in [0.2, 0.25) is 0 Å². The number of carbonyl (C=O) groups excluding carboxylic acids is 1. The van der Waals surface area contributed by atoms with Crippen LogP contribution >= 0.6 is 12.6 Å². The maximum Gasteiger partial charge on any atom is 0.251 e. The first-order valence-electron chi connectivity index (χ1n) is 4.81. The second kappa shape index (κ2) is 6.19. The predicted molar refractivity (Wildman–Crippen MR) is 64.1 cm³/mol. The Morgan fingerprint density at radius 2 is 2.31 bits per heavy atom. The second-order valence-corrected chi connectivity index (χ2v) is 3.58. The van der Waals surface area contributed by atoms with Gasteiger partial charge in [-0.1, -0.05) is 0 Å². The lowest BCUT2D eigenvalue weighted by atomic mass is 10.2. The highest BCUT2D eigenvalue weighted by Crippen LogP contribution is 2.13. The van der Waals surface area contributed by atoms with Gasteiger partial charge in [0.05, 0.1) is 0 Å². The number of rotatable bonds is 3. The zero-order valence-electron chi connectivity index (χ0n) is 8.88. The van der Waals surface area contributed by atoms with Gasteiger partial charge in [0, 0.05) is 23.4 Å². The quantitative estimate of drug-likeness (QED) is 0.471. The zero-order chi connectivity index (χ0) is 12.0. The number of hydrogen-bond donors (Lipinski definition) is 2. The summed E-state index contributed by atoms with van der Waals surface area (Å²) in [5.41, 5.74) is 0.399. The van der Waals surface area contributed by atoms with E-state index in [1.807, 2.05) is 0 Å². The van der Waals surface area contributed by atoms with Crippen molar-refractivity contribution in [2.24, 2.45) is 0 Å². The Morgan fingerprint density at radius 3 is 2.94 bits per heavy atom. The van der Waals surface area contributed by atoms with Gasteiger partial charge < -0.3 is 5.32 Å². The fraction of sp³-hybridized carbons (Fsp3) is 0.250. The number of carbonyl (C=O) groups is 1. The summed E-state index contributed by atoms with van der Waals surface area (Å²) in [6.45, 7) is 2.23. The van der Waals surface area contributed by atoms with Crippen LogP contribution in [0.2, 0.25) is 0 Å². The SMILES string of the molecule is CC#CCCNC(=O)c1ccc(F)c(S)c1. The molecule has 0 spiro atoms. The van der Waals surface area contributed by atoms with E-state index in [9.17, 15) is 9.18 Å². The molecular weight excluding hydrogens is 225 g/mol. The summed E-state index contributed by atoms with van der Waals surface area (Å²) in [7, 11) is 0. The van der Waals surface area contributed by atoms with Crippen LogP contribution in [0, 0.1) is 17.7 Å². The van der Waals surface area contributed by atoms with Crippen molar-refractivity contribution in [2.75, 3.05) is 6.54 Å².